The standard InChI is InChI=1S/C11H22N2/c1-8-3-2-4-9(8)7-13-11-5-10(12)6-11/h8-11,13H,2-7,12H2,1H3. The van der Waals surface area contributed by atoms with E-state index < -0.39 is 0 Å². The van der Waals surface area contributed by atoms with Crippen LogP contribution in [0.5, 0.6) is 0 Å². The predicted octanol–water partition coefficient (Wildman–Crippen LogP) is 1.50. The van der Waals surface area contributed by atoms with Crippen molar-refractivity contribution in [3.05, 3.63) is 0 Å². The van der Waals surface area contributed by atoms with Gasteiger partial charge >= 0.3 is 0 Å². The van der Waals surface area contributed by atoms with E-state index in [1.165, 1.54) is 38.6 Å². The number of hydrogen-bond acceptors (Lipinski definition) is 2. The SMILES string of the molecule is CC1CCCC1CNC1CC(N)C1. The number of nitrogens with one attached hydrogen (secondary N) is 1. The monoisotopic (exact) mass is 182 g/mol. The van der Waals surface area contributed by atoms with Crippen molar-refractivity contribution in [1.29, 1.82) is 0 Å². The summed E-state index contributed by atoms with van der Waals surface area (Å²) in [5, 5.41) is 3.64. The molecule has 0 bridgehead atoms. The number of rotatable bonds is 3. The Labute approximate surface area is 81.3 Å². The highest BCUT2D eigenvalue weighted by molar-refractivity contribution is 4.88. The van der Waals surface area contributed by atoms with Gasteiger partial charge in [0.15, 0.2) is 0 Å². The molecule has 76 valence electrons. The van der Waals surface area contributed by atoms with Gasteiger partial charge in [-0.25, -0.2) is 0 Å². The molecule has 0 saturated heterocycles. The van der Waals surface area contributed by atoms with Crippen LogP contribution in [0.2, 0.25) is 0 Å². The molecule has 2 aliphatic rings. The summed E-state index contributed by atoms with van der Waals surface area (Å²) in [7, 11) is 0. The van der Waals surface area contributed by atoms with Gasteiger partial charge in [0.1, 0.15) is 0 Å². The number of nitrogens with two attached hydrogens (primary N) is 1. The van der Waals surface area contributed by atoms with E-state index in [9.17, 15) is 0 Å². The maximum absolute atomic E-state index is 5.74. The second-order valence-corrected chi connectivity index (χ2v) is 5.00. The maximum atomic E-state index is 5.74. The van der Waals surface area contributed by atoms with Gasteiger partial charge < -0.3 is 11.1 Å². The maximum Gasteiger partial charge on any atom is 0.00966 e. The first-order valence-electron chi connectivity index (χ1n) is 5.74. The molecule has 2 nitrogen and oxygen atoms in total. The van der Waals surface area contributed by atoms with Gasteiger partial charge in [0, 0.05) is 12.1 Å². The lowest BCUT2D eigenvalue weighted by Gasteiger charge is -2.34. The zero-order chi connectivity index (χ0) is 9.26. The molecule has 2 heteroatoms. The Balaban J connectivity index is 1.62. The van der Waals surface area contributed by atoms with Gasteiger partial charge in [-0.2, -0.15) is 0 Å². The highest BCUT2D eigenvalue weighted by Crippen LogP contribution is 2.31. The van der Waals surface area contributed by atoms with E-state index in [4.69, 9.17) is 5.73 Å². The zero-order valence-electron chi connectivity index (χ0n) is 8.63. The van der Waals surface area contributed by atoms with Crippen LogP contribution in [-0.2, 0) is 0 Å². The van der Waals surface area contributed by atoms with Gasteiger partial charge in [0.2, 0.25) is 0 Å². The minimum Gasteiger partial charge on any atom is -0.328 e. The average molecular weight is 182 g/mol. The summed E-state index contributed by atoms with van der Waals surface area (Å²) in [6.45, 7) is 3.63. The van der Waals surface area contributed by atoms with Crippen molar-refractivity contribution in [1.82, 2.24) is 5.32 Å². The van der Waals surface area contributed by atoms with E-state index >= 15 is 0 Å². The minimum absolute atomic E-state index is 0.485. The van der Waals surface area contributed by atoms with Crippen LogP contribution < -0.4 is 11.1 Å². The van der Waals surface area contributed by atoms with Crippen LogP contribution in [0.25, 0.3) is 0 Å². The van der Waals surface area contributed by atoms with Gasteiger partial charge in [-0.1, -0.05) is 19.8 Å². The molecule has 2 atom stereocenters. The Hall–Kier alpha value is -0.0800. The summed E-state index contributed by atoms with van der Waals surface area (Å²) < 4.78 is 0. The number of hydrogen-bond donors (Lipinski definition) is 2. The molecule has 2 saturated carbocycles. The van der Waals surface area contributed by atoms with Crippen LogP contribution in [0, 0.1) is 11.8 Å². The first-order valence-corrected chi connectivity index (χ1v) is 5.74. The summed E-state index contributed by atoms with van der Waals surface area (Å²) in [6, 6.07) is 1.22. The lowest BCUT2D eigenvalue weighted by Crippen LogP contribution is -2.49. The Morgan fingerprint density at radius 1 is 1.31 bits per heavy atom. The zero-order valence-corrected chi connectivity index (χ0v) is 8.63. The predicted molar refractivity (Wildman–Crippen MR) is 55.5 cm³/mol. The van der Waals surface area contributed by atoms with Crippen molar-refractivity contribution in [3.8, 4) is 0 Å². The Bertz CT molecular complexity index is 163. The van der Waals surface area contributed by atoms with Crippen molar-refractivity contribution in [2.75, 3.05) is 6.54 Å². The minimum atomic E-state index is 0.485. The Morgan fingerprint density at radius 2 is 2.08 bits per heavy atom. The van der Waals surface area contributed by atoms with Gasteiger partial charge in [-0.05, 0) is 37.6 Å². The molecule has 0 aromatic heterocycles. The van der Waals surface area contributed by atoms with Crippen LogP contribution in [0.15, 0.2) is 0 Å². The van der Waals surface area contributed by atoms with Crippen molar-refractivity contribution in [2.24, 2.45) is 17.6 Å². The van der Waals surface area contributed by atoms with Crippen molar-refractivity contribution in [2.45, 2.75) is 51.1 Å². The van der Waals surface area contributed by atoms with E-state index in [2.05, 4.69) is 12.2 Å². The summed E-state index contributed by atoms with van der Waals surface area (Å²) in [5.74, 6) is 1.89. The second kappa shape index (κ2) is 3.97. The average Bonchev–Trinajstić information content (AvgIpc) is 2.43. The molecule has 2 rings (SSSR count). The largest absolute Gasteiger partial charge is 0.328 e. The topological polar surface area (TPSA) is 38.0 Å². The van der Waals surface area contributed by atoms with Crippen molar-refractivity contribution >= 4 is 0 Å². The molecule has 2 unspecified atom stereocenters. The molecular weight excluding hydrogens is 160 g/mol. The molecule has 0 aromatic rings. The first kappa shape index (κ1) is 9.47. The van der Waals surface area contributed by atoms with Crippen molar-refractivity contribution < 1.29 is 0 Å². The smallest absolute Gasteiger partial charge is 0.00966 e. The molecule has 2 fully saturated rings. The van der Waals surface area contributed by atoms with Crippen LogP contribution in [-0.4, -0.2) is 18.6 Å². The van der Waals surface area contributed by atoms with E-state index in [1.54, 1.807) is 0 Å². The van der Waals surface area contributed by atoms with E-state index in [0.29, 0.717) is 6.04 Å². The fourth-order valence-electron chi connectivity index (χ4n) is 2.67. The van der Waals surface area contributed by atoms with Gasteiger partial charge in [-0.3, -0.25) is 0 Å². The molecule has 3 N–H and O–H groups in total. The quantitative estimate of drug-likeness (QED) is 0.694. The van der Waals surface area contributed by atoms with Gasteiger partial charge in [0.05, 0.1) is 0 Å². The molecule has 0 radical (unpaired) electrons. The molecule has 0 heterocycles. The first-order chi connectivity index (χ1) is 6.25. The third-order valence-electron chi connectivity index (χ3n) is 3.88. The van der Waals surface area contributed by atoms with Crippen LogP contribution in [0.3, 0.4) is 0 Å². The van der Waals surface area contributed by atoms with E-state index in [0.717, 1.165) is 17.9 Å². The molecule has 0 aliphatic heterocycles. The normalized spacial score (nSPS) is 44.8. The van der Waals surface area contributed by atoms with Crippen LogP contribution >= 0.6 is 0 Å². The third-order valence-corrected chi connectivity index (χ3v) is 3.88. The highest BCUT2D eigenvalue weighted by atomic mass is 15.0. The molecule has 0 spiro atoms. The fraction of sp³-hybridized carbons (Fsp3) is 1.00. The molecular formula is C11H22N2. The van der Waals surface area contributed by atoms with Crippen LogP contribution in [0.4, 0.5) is 0 Å². The molecule has 13 heavy (non-hydrogen) atoms. The lowest BCUT2D eigenvalue weighted by molar-refractivity contribution is 0.265. The van der Waals surface area contributed by atoms with Crippen LogP contribution in [0.1, 0.15) is 39.0 Å². The Kier molecular flexibility index (Phi) is 2.89. The summed E-state index contributed by atoms with van der Waals surface area (Å²) >= 11 is 0. The molecule has 2 aliphatic carbocycles. The van der Waals surface area contributed by atoms with Gasteiger partial charge in [-0.15, -0.1) is 0 Å². The van der Waals surface area contributed by atoms with E-state index in [-0.39, 0.29) is 0 Å². The summed E-state index contributed by atoms with van der Waals surface area (Å²) in [5.41, 5.74) is 5.74. The molecule has 0 amide bonds. The fourth-order valence-corrected chi connectivity index (χ4v) is 2.67. The highest BCUT2D eigenvalue weighted by Gasteiger charge is 2.28. The summed E-state index contributed by atoms with van der Waals surface area (Å²) in [6.07, 6.45) is 6.71. The van der Waals surface area contributed by atoms with Gasteiger partial charge in [0.25, 0.3) is 0 Å². The van der Waals surface area contributed by atoms with E-state index in [1.807, 2.05) is 0 Å². The molecule has 0 aromatic carbocycles. The second-order valence-electron chi connectivity index (χ2n) is 5.00. The van der Waals surface area contributed by atoms with Crippen molar-refractivity contribution in [3.63, 3.8) is 0 Å². The third kappa shape index (κ3) is 2.23. The Morgan fingerprint density at radius 3 is 2.62 bits per heavy atom. The lowest BCUT2D eigenvalue weighted by atomic mass is 9.87. The summed E-state index contributed by atoms with van der Waals surface area (Å²) in [4.78, 5) is 0.